The van der Waals surface area contributed by atoms with Crippen LogP contribution in [0.4, 0.5) is 11.4 Å². The van der Waals surface area contributed by atoms with Crippen molar-refractivity contribution >= 4 is 17.3 Å². The van der Waals surface area contributed by atoms with E-state index in [0.717, 1.165) is 5.56 Å². The third-order valence-corrected chi connectivity index (χ3v) is 3.23. The number of carbonyl (C=O) groups is 1. The molecule has 104 valence electrons. The third-order valence-electron chi connectivity index (χ3n) is 3.23. The summed E-state index contributed by atoms with van der Waals surface area (Å²) in [6.45, 7) is 2.31. The predicted molar refractivity (Wildman–Crippen MR) is 72.3 cm³/mol. The van der Waals surface area contributed by atoms with E-state index in [9.17, 15) is 14.9 Å². The molecule has 1 saturated heterocycles. The van der Waals surface area contributed by atoms with E-state index in [0.29, 0.717) is 12.2 Å². The Bertz CT molecular complexity index is 609. The van der Waals surface area contributed by atoms with Gasteiger partial charge in [-0.15, -0.1) is 0 Å². The molecule has 8 heteroatoms. The number of nitro benzene ring substituents is 1. The molecule has 1 heterocycles. The van der Waals surface area contributed by atoms with E-state index in [1.165, 1.54) is 11.0 Å². The van der Waals surface area contributed by atoms with Crippen molar-refractivity contribution in [3.63, 3.8) is 0 Å². The first kappa shape index (κ1) is 13.8. The first-order chi connectivity index (χ1) is 9.52. The van der Waals surface area contributed by atoms with Crippen LogP contribution in [0.5, 0.6) is 0 Å². The van der Waals surface area contributed by atoms with Crippen molar-refractivity contribution in [2.24, 2.45) is 11.0 Å². The Morgan fingerprint density at radius 1 is 1.60 bits per heavy atom. The van der Waals surface area contributed by atoms with Gasteiger partial charge >= 0.3 is 0 Å². The second-order valence-electron chi connectivity index (χ2n) is 4.74. The highest BCUT2D eigenvalue weighted by molar-refractivity contribution is 5.97. The van der Waals surface area contributed by atoms with Crippen LogP contribution in [0.2, 0.25) is 0 Å². The molecular weight excluding hydrogens is 262 g/mol. The molecule has 1 aromatic rings. The Hall–Kier alpha value is -2.60. The van der Waals surface area contributed by atoms with Crippen LogP contribution in [0.25, 0.3) is 10.4 Å². The second kappa shape index (κ2) is 5.58. The van der Waals surface area contributed by atoms with Crippen molar-refractivity contribution < 1.29 is 9.72 Å². The number of benzene rings is 1. The van der Waals surface area contributed by atoms with Gasteiger partial charge in [-0.25, -0.2) is 0 Å². The predicted octanol–water partition coefficient (Wildman–Crippen LogP) is 2.57. The van der Waals surface area contributed by atoms with Crippen molar-refractivity contribution in [1.29, 1.82) is 0 Å². The van der Waals surface area contributed by atoms with Crippen molar-refractivity contribution in [3.8, 4) is 0 Å². The molecule has 0 saturated carbocycles. The number of hydrogen-bond acceptors (Lipinski definition) is 4. The van der Waals surface area contributed by atoms with Gasteiger partial charge in [-0.2, -0.15) is 0 Å². The van der Waals surface area contributed by atoms with Gasteiger partial charge in [0.2, 0.25) is 5.91 Å². The smallest absolute Gasteiger partial charge is 0.293 e. The van der Waals surface area contributed by atoms with Crippen LogP contribution < -0.4 is 4.90 Å². The summed E-state index contributed by atoms with van der Waals surface area (Å²) in [7, 11) is 0. The quantitative estimate of drug-likeness (QED) is 0.276. The minimum absolute atomic E-state index is 0.0808. The lowest BCUT2D eigenvalue weighted by Gasteiger charge is -2.16. The average molecular weight is 275 g/mol. The average Bonchev–Trinajstić information content (AvgIpc) is 2.77. The van der Waals surface area contributed by atoms with Gasteiger partial charge in [0.05, 0.1) is 4.92 Å². The topological polar surface area (TPSA) is 112 Å². The molecule has 1 aliphatic heterocycles. The fourth-order valence-corrected chi connectivity index (χ4v) is 2.30. The molecule has 8 nitrogen and oxygen atoms in total. The number of hydrogen-bond donors (Lipinski definition) is 0. The Labute approximate surface area is 114 Å². The number of carbonyl (C=O) groups excluding carboxylic acids is 1. The highest BCUT2D eigenvalue weighted by Gasteiger charge is 2.33. The second-order valence-corrected chi connectivity index (χ2v) is 4.74. The van der Waals surface area contributed by atoms with E-state index in [4.69, 9.17) is 5.53 Å². The summed E-state index contributed by atoms with van der Waals surface area (Å²) in [6.07, 6.45) is 0.240. The molecule has 2 rings (SSSR count). The van der Waals surface area contributed by atoms with E-state index < -0.39 is 4.92 Å². The summed E-state index contributed by atoms with van der Waals surface area (Å²) in [5, 5.41) is 14.5. The fraction of sp³-hybridized carbons (Fsp3) is 0.417. The molecule has 1 aromatic carbocycles. The highest BCUT2D eigenvalue weighted by Crippen LogP contribution is 2.33. The van der Waals surface area contributed by atoms with Crippen LogP contribution in [0.15, 0.2) is 23.3 Å². The van der Waals surface area contributed by atoms with E-state index in [-0.39, 0.29) is 30.5 Å². The first-order valence-electron chi connectivity index (χ1n) is 6.09. The van der Waals surface area contributed by atoms with E-state index in [1.807, 2.05) is 0 Å². The first-order valence-corrected chi connectivity index (χ1v) is 6.09. The third kappa shape index (κ3) is 2.70. The van der Waals surface area contributed by atoms with Gasteiger partial charge in [0.25, 0.3) is 5.69 Å². The SMILES string of the molecule is Cc1ccc(N2CC(CN=[N+]=[N-])CC2=O)c([N+](=O)[O-])c1. The summed E-state index contributed by atoms with van der Waals surface area (Å²) in [5.74, 6) is -0.283. The molecular formula is C12H13N5O3. The van der Waals surface area contributed by atoms with Crippen LogP contribution in [0.3, 0.4) is 0 Å². The van der Waals surface area contributed by atoms with Crippen LogP contribution >= 0.6 is 0 Å². The van der Waals surface area contributed by atoms with Crippen LogP contribution in [-0.2, 0) is 4.79 Å². The van der Waals surface area contributed by atoms with Crippen molar-refractivity contribution in [2.45, 2.75) is 13.3 Å². The maximum atomic E-state index is 12.0. The van der Waals surface area contributed by atoms with Gasteiger partial charge in [0.1, 0.15) is 5.69 Å². The Morgan fingerprint density at radius 2 is 2.35 bits per heavy atom. The van der Waals surface area contributed by atoms with Gasteiger partial charge in [-0.3, -0.25) is 14.9 Å². The number of azide groups is 1. The molecule has 0 spiro atoms. The van der Waals surface area contributed by atoms with Gasteiger partial charge in [-0.1, -0.05) is 11.2 Å². The lowest BCUT2D eigenvalue weighted by atomic mass is 10.1. The van der Waals surface area contributed by atoms with Crippen molar-refractivity contribution in [2.75, 3.05) is 18.0 Å². The summed E-state index contributed by atoms with van der Waals surface area (Å²) < 4.78 is 0. The standard InChI is InChI=1S/C12H13N5O3/c1-8-2-3-10(11(4-8)17(19)20)16-7-9(5-12(16)18)6-14-15-13/h2-4,9H,5-7H2,1H3. The molecule has 0 aromatic heterocycles. The van der Waals surface area contributed by atoms with Crippen LogP contribution in [0.1, 0.15) is 12.0 Å². The summed E-state index contributed by atoms with van der Waals surface area (Å²) in [4.78, 5) is 26.6. The molecule has 1 fully saturated rings. The number of rotatable bonds is 4. The van der Waals surface area contributed by atoms with Crippen molar-refractivity contribution in [1.82, 2.24) is 0 Å². The van der Waals surface area contributed by atoms with Gasteiger partial charge in [0.15, 0.2) is 0 Å². The van der Waals surface area contributed by atoms with Gasteiger partial charge in [0, 0.05) is 30.5 Å². The summed E-state index contributed by atoms with van der Waals surface area (Å²) in [6, 6.07) is 4.76. The fourth-order valence-electron chi connectivity index (χ4n) is 2.30. The Balaban J connectivity index is 2.30. The molecule has 0 N–H and O–H groups in total. The zero-order valence-electron chi connectivity index (χ0n) is 10.9. The number of anilines is 1. The molecule has 1 unspecified atom stereocenters. The molecule has 1 amide bonds. The zero-order valence-corrected chi connectivity index (χ0v) is 10.9. The summed E-state index contributed by atoms with van der Waals surface area (Å²) in [5.41, 5.74) is 9.27. The van der Waals surface area contributed by atoms with Crippen molar-refractivity contribution in [3.05, 3.63) is 44.3 Å². The molecule has 1 atom stereocenters. The minimum Gasteiger partial charge on any atom is -0.306 e. The largest absolute Gasteiger partial charge is 0.306 e. The number of amides is 1. The van der Waals surface area contributed by atoms with Gasteiger partial charge < -0.3 is 4.90 Å². The lowest BCUT2D eigenvalue weighted by molar-refractivity contribution is -0.384. The molecule has 20 heavy (non-hydrogen) atoms. The Kier molecular flexibility index (Phi) is 3.86. The van der Waals surface area contributed by atoms with E-state index in [2.05, 4.69) is 10.0 Å². The molecule has 1 aliphatic rings. The maximum absolute atomic E-state index is 12.0. The van der Waals surface area contributed by atoms with E-state index in [1.54, 1.807) is 19.1 Å². The number of nitrogens with zero attached hydrogens (tertiary/aromatic N) is 5. The minimum atomic E-state index is -0.490. The normalized spacial score (nSPS) is 17.9. The summed E-state index contributed by atoms with van der Waals surface area (Å²) >= 11 is 0. The zero-order chi connectivity index (χ0) is 14.7. The Morgan fingerprint density at radius 3 is 3.00 bits per heavy atom. The highest BCUT2D eigenvalue weighted by atomic mass is 16.6. The maximum Gasteiger partial charge on any atom is 0.293 e. The number of nitro groups is 1. The van der Waals surface area contributed by atoms with E-state index >= 15 is 0 Å². The lowest BCUT2D eigenvalue weighted by Crippen LogP contribution is -2.25. The van der Waals surface area contributed by atoms with Crippen LogP contribution in [0, 0.1) is 23.0 Å². The molecule has 0 bridgehead atoms. The monoisotopic (exact) mass is 275 g/mol. The molecule has 0 aliphatic carbocycles. The molecule has 0 radical (unpaired) electrons. The number of aryl methyl sites for hydroxylation is 1. The van der Waals surface area contributed by atoms with Gasteiger partial charge in [-0.05, 0) is 30.0 Å². The van der Waals surface area contributed by atoms with Crippen LogP contribution in [-0.4, -0.2) is 23.9 Å².